The first-order chi connectivity index (χ1) is 28.3. The number of hydrogen-bond donors (Lipinski definition) is 0. The lowest BCUT2D eigenvalue weighted by Gasteiger charge is -2.18. The second-order valence-corrected chi connectivity index (χ2v) is 14.3. The van der Waals surface area contributed by atoms with E-state index >= 15 is 0 Å². The summed E-state index contributed by atoms with van der Waals surface area (Å²) in [6.45, 7) is 0. The van der Waals surface area contributed by atoms with Gasteiger partial charge in [-0.05, 0) is 73.1 Å². The number of aromatic nitrogens is 3. The van der Waals surface area contributed by atoms with E-state index in [1.54, 1.807) is 0 Å². The van der Waals surface area contributed by atoms with E-state index < -0.39 is 0 Å². The highest BCUT2D eigenvalue weighted by molar-refractivity contribution is 6.21. The smallest absolute Gasteiger partial charge is 0.167 e. The molecule has 0 radical (unpaired) electrons. The minimum atomic E-state index is 0.562. The summed E-state index contributed by atoms with van der Waals surface area (Å²) in [6.07, 6.45) is 0. The first-order valence-corrected chi connectivity index (χ1v) is 19.2. The summed E-state index contributed by atoms with van der Waals surface area (Å²) in [5.41, 5.74) is 11.3. The van der Waals surface area contributed by atoms with E-state index in [2.05, 4.69) is 140 Å². The van der Waals surface area contributed by atoms with Crippen molar-refractivity contribution in [2.24, 2.45) is 0 Å². The fourth-order valence-corrected chi connectivity index (χ4v) is 8.29. The summed E-state index contributed by atoms with van der Waals surface area (Å²) in [7, 11) is 0. The van der Waals surface area contributed by atoms with Gasteiger partial charge >= 0.3 is 0 Å². The molecule has 0 unspecified atom stereocenters. The van der Waals surface area contributed by atoms with E-state index in [0.717, 1.165) is 44.2 Å². The Morgan fingerprint density at radius 3 is 1.39 bits per heavy atom. The highest BCUT2D eigenvalue weighted by Crippen LogP contribution is 2.44. The highest BCUT2D eigenvalue weighted by atomic mass is 16.3. The average molecular weight is 728 g/mol. The van der Waals surface area contributed by atoms with Crippen LogP contribution in [0.2, 0.25) is 0 Å². The lowest BCUT2D eigenvalue weighted by molar-refractivity contribution is 0.669. The van der Waals surface area contributed by atoms with Crippen LogP contribution in [-0.2, 0) is 0 Å². The van der Waals surface area contributed by atoms with Crippen LogP contribution in [0.1, 0.15) is 0 Å². The molecule has 266 valence electrons. The van der Waals surface area contributed by atoms with Crippen LogP contribution in [-0.4, -0.2) is 15.0 Å². The van der Waals surface area contributed by atoms with Crippen molar-refractivity contribution < 1.29 is 4.42 Å². The topological polar surface area (TPSA) is 51.8 Å². The van der Waals surface area contributed by atoms with Gasteiger partial charge in [0.1, 0.15) is 11.2 Å². The molecule has 2 aromatic heterocycles. The van der Waals surface area contributed by atoms with Crippen LogP contribution in [0.25, 0.3) is 111 Å². The lowest BCUT2D eigenvalue weighted by Crippen LogP contribution is -2.00. The Kier molecular flexibility index (Phi) is 7.78. The molecule has 57 heavy (non-hydrogen) atoms. The summed E-state index contributed by atoms with van der Waals surface area (Å²) in [6, 6.07) is 70.0. The Hall–Kier alpha value is -7.69. The molecule has 0 aliphatic heterocycles. The monoisotopic (exact) mass is 727 g/mol. The molecule has 0 saturated heterocycles. The number of hydrogen-bond acceptors (Lipinski definition) is 4. The molecular formula is C53H33N3O. The standard InChI is InChI=1S/C53H33N3O/c1-3-15-34(16-4-1)35-29-31-36(32-30-35)48-41-22-7-9-24-43(41)49(44-25-10-8-23-42(44)48)38-19-13-20-39(33-38)52-54-51(37-17-5-2-6-18-37)55-53(56-52)46-27-14-26-45-40-21-11-12-28-47(40)57-50(45)46/h1-33H. The molecule has 0 aliphatic rings. The van der Waals surface area contributed by atoms with Crippen molar-refractivity contribution in [3.63, 3.8) is 0 Å². The van der Waals surface area contributed by atoms with E-state index in [-0.39, 0.29) is 0 Å². The second kappa shape index (κ2) is 13.6. The van der Waals surface area contributed by atoms with Crippen LogP contribution < -0.4 is 0 Å². The van der Waals surface area contributed by atoms with Crippen molar-refractivity contribution in [3.05, 3.63) is 200 Å². The Morgan fingerprint density at radius 2 is 0.719 bits per heavy atom. The summed E-state index contributed by atoms with van der Waals surface area (Å²) < 4.78 is 6.46. The zero-order valence-corrected chi connectivity index (χ0v) is 30.8. The number of fused-ring (bicyclic) bond motifs is 5. The maximum Gasteiger partial charge on any atom is 0.167 e. The van der Waals surface area contributed by atoms with Crippen molar-refractivity contribution in [3.8, 4) is 67.5 Å². The molecule has 0 N–H and O–H groups in total. The predicted molar refractivity (Wildman–Crippen MR) is 235 cm³/mol. The largest absolute Gasteiger partial charge is 0.455 e. The average Bonchev–Trinajstić information content (AvgIpc) is 3.68. The van der Waals surface area contributed by atoms with Crippen molar-refractivity contribution in [2.75, 3.05) is 0 Å². The summed E-state index contributed by atoms with van der Waals surface area (Å²) in [4.78, 5) is 15.4. The summed E-state index contributed by atoms with van der Waals surface area (Å²) >= 11 is 0. The molecule has 4 nitrogen and oxygen atoms in total. The van der Waals surface area contributed by atoms with Crippen LogP contribution in [0.5, 0.6) is 0 Å². The van der Waals surface area contributed by atoms with Crippen LogP contribution in [0.3, 0.4) is 0 Å². The minimum Gasteiger partial charge on any atom is -0.455 e. The van der Waals surface area contributed by atoms with E-state index in [0.29, 0.717) is 17.5 Å². The SMILES string of the molecule is c1ccc(-c2ccc(-c3c4ccccc4c(-c4cccc(-c5nc(-c6ccccc6)nc(-c6cccc7c6oc6ccccc67)n5)c4)c4ccccc34)cc2)cc1. The van der Waals surface area contributed by atoms with Gasteiger partial charge in [0.2, 0.25) is 0 Å². The zero-order valence-electron chi connectivity index (χ0n) is 30.8. The molecule has 0 amide bonds. The molecule has 4 heteroatoms. The van der Waals surface area contributed by atoms with Crippen LogP contribution in [0.4, 0.5) is 0 Å². The Bertz CT molecular complexity index is 3220. The molecular weight excluding hydrogens is 695 g/mol. The number of para-hydroxylation sites is 2. The van der Waals surface area contributed by atoms with Gasteiger partial charge in [-0.1, -0.05) is 182 Å². The fourth-order valence-electron chi connectivity index (χ4n) is 8.29. The third-order valence-corrected chi connectivity index (χ3v) is 10.9. The maximum atomic E-state index is 6.46. The van der Waals surface area contributed by atoms with Gasteiger partial charge < -0.3 is 4.42 Å². The predicted octanol–water partition coefficient (Wildman–Crippen LogP) is 14.1. The van der Waals surface area contributed by atoms with Gasteiger partial charge in [-0.25, -0.2) is 15.0 Å². The molecule has 0 saturated carbocycles. The third-order valence-electron chi connectivity index (χ3n) is 10.9. The number of benzene rings is 9. The van der Waals surface area contributed by atoms with E-state index in [1.165, 1.54) is 49.4 Å². The molecule has 0 atom stereocenters. The highest BCUT2D eigenvalue weighted by Gasteiger charge is 2.20. The minimum absolute atomic E-state index is 0.562. The summed E-state index contributed by atoms with van der Waals surface area (Å²) in [5, 5.41) is 6.88. The quantitative estimate of drug-likeness (QED) is 0.160. The molecule has 0 fully saturated rings. The van der Waals surface area contributed by atoms with E-state index in [9.17, 15) is 0 Å². The molecule has 9 aromatic carbocycles. The maximum absolute atomic E-state index is 6.46. The number of nitrogens with zero attached hydrogens (tertiary/aromatic N) is 3. The third kappa shape index (κ3) is 5.66. The first kappa shape index (κ1) is 32.7. The van der Waals surface area contributed by atoms with E-state index in [1.807, 2.05) is 60.7 Å². The molecule has 11 aromatic rings. The van der Waals surface area contributed by atoms with Gasteiger partial charge in [0.15, 0.2) is 17.5 Å². The summed E-state index contributed by atoms with van der Waals surface area (Å²) in [5.74, 6) is 1.76. The zero-order chi connectivity index (χ0) is 37.7. The van der Waals surface area contributed by atoms with Gasteiger partial charge in [0, 0.05) is 21.9 Å². The van der Waals surface area contributed by atoms with Gasteiger partial charge in [0.05, 0.1) is 5.56 Å². The molecule has 0 spiro atoms. The van der Waals surface area contributed by atoms with Gasteiger partial charge in [-0.3, -0.25) is 0 Å². The van der Waals surface area contributed by atoms with Crippen molar-refractivity contribution in [1.29, 1.82) is 0 Å². The van der Waals surface area contributed by atoms with Crippen LogP contribution in [0.15, 0.2) is 205 Å². The molecule has 11 rings (SSSR count). The van der Waals surface area contributed by atoms with Gasteiger partial charge in [-0.2, -0.15) is 0 Å². The Labute approximate surface area is 329 Å². The normalized spacial score (nSPS) is 11.5. The number of rotatable bonds is 6. The van der Waals surface area contributed by atoms with Gasteiger partial charge in [0.25, 0.3) is 0 Å². The Balaban J connectivity index is 1.09. The lowest BCUT2D eigenvalue weighted by atomic mass is 9.85. The fraction of sp³-hybridized carbons (Fsp3) is 0. The molecule has 2 heterocycles. The first-order valence-electron chi connectivity index (χ1n) is 19.2. The molecule has 0 aliphatic carbocycles. The molecule has 0 bridgehead atoms. The van der Waals surface area contributed by atoms with Crippen LogP contribution >= 0.6 is 0 Å². The number of furan rings is 1. The van der Waals surface area contributed by atoms with Crippen molar-refractivity contribution in [1.82, 2.24) is 15.0 Å². The van der Waals surface area contributed by atoms with Crippen LogP contribution in [0, 0.1) is 0 Å². The van der Waals surface area contributed by atoms with Crippen molar-refractivity contribution in [2.45, 2.75) is 0 Å². The Morgan fingerprint density at radius 1 is 0.281 bits per heavy atom. The van der Waals surface area contributed by atoms with Crippen molar-refractivity contribution >= 4 is 43.5 Å². The van der Waals surface area contributed by atoms with Gasteiger partial charge in [-0.15, -0.1) is 0 Å². The van der Waals surface area contributed by atoms with E-state index in [4.69, 9.17) is 19.4 Å². The second-order valence-electron chi connectivity index (χ2n) is 14.3.